The minimum Gasteiger partial charge on any atom is -0.459 e. The molecule has 69 heavy (non-hydrogen) atoms. The lowest BCUT2D eigenvalue weighted by Gasteiger charge is -2.50. The zero-order chi connectivity index (χ0) is 50.6. The number of oxime groups is 1. The van der Waals surface area contributed by atoms with E-state index in [2.05, 4.69) is 27.1 Å². The van der Waals surface area contributed by atoms with Crippen LogP contribution in [0.25, 0.3) is 5.82 Å². The molecule has 0 aromatic carbocycles. The Kier molecular flexibility index (Phi) is 18.5. The first kappa shape index (κ1) is 55.1. The normalized spacial score (nSPS) is 42.0. The van der Waals surface area contributed by atoms with Crippen molar-refractivity contribution in [3.63, 3.8) is 0 Å². The molecule has 0 aliphatic carbocycles. The topological polar surface area (TPSA) is 216 Å². The predicted molar refractivity (Wildman–Crippen MR) is 257 cm³/mol. The monoisotopic (exact) mass is 974 g/mol. The average Bonchev–Trinajstić information content (AvgIpc) is 3.85. The lowest BCUT2D eigenvalue weighted by atomic mass is 9.78. The van der Waals surface area contributed by atoms with E-state index in [0.29, 0.717) is 30.9 Å². The van der Waals surface area contributed by atoms with E-state index in [1.165, 1.54) is 0 Å². The highest BCUT2D eigenvalue weighted by atomic mass is 16.7. The zero-order valence-electron chi connectivity index (χ0n) is 43.5. The summed E-state index contributed by atoms with van der Waals surface area (Å²) in [4.78, 5) is 29.6. The predicted octanol–water partition coefficient (Wildman–Crippen LogP) is 4.08. The number of aliphatic hydroxyl groups is 2. The van der Waals surface area contributed by atoms with Crippen molar-refractivity contribution in [2.24, 2.45) is 28.6 Å². The fourth-order valence-electron chi connectivity index (χ4n) is 10.9. The second-order valence-corrected chi connectivity index (χ2v) is 21.2. The molecule has 0 unspecified atom stereocenters. The van der Waals surface area contributed by atoms with E-state index in [-0.39, 0.29) is 56.8 Å². The van der Waals surface area contributed by atoms with Crippen LogP contribution in [0.3, 0.4) is 0 Å². The van der Waals surface area contributed by atoms with Crippen LogP contribution < -0.4 is 5.73 Å². The summed E-state index contributed by atoms with van der Waals surface area (Å²) in [6, 6.07) is 4.69. The smallest absolute Gasteiger partial charge is 0.311 e. The van der Waals surface area contributed by atoms with Crippen LogP contribution in [0.2, 0.25) is 0 Å². The molecule has 390 valence electrons. The minimum absolute atomic E-state index is 0.0783. The minimum atomic E-state index is -1.68. The molecule has 0 amide bonds. The average molecular weight is 974 g/mol. The molecule has 2 aromatic heterocycles. The van der Waals surface area contributed by atoms with Gasteiger partial charge in [-0.25, -0.2) is 9.67 Å². The number of hydrogen-bond donors (Lipinski definition) is 3. The maximum atomic E-state index is 14.8. The number of aliphatic hydroxyl groups excluding tert-OH is 1. The number of pyridine rings is 1. The highest BCUT2D eigenvalue weighted by Gasteiger charge is 2.54. The summed E-state index contributed by atoms with van der Waals surface area (Å²) in [5.74, 6) is -1.84. The van der Waals surface area contributed by atoms with Crippen molar-refractivity contribution < 1.29 is 57.7 Å². The third-order valence-corrected chi connectivity index (χ3v) is 15.3. The van der Waals surface area contributed by atoms with Gasteiger partial charge in [0, 0.05) is 62.2 Å². The largest absolute Gasteiger partial charge is 0.459 e. The molecule has 2 bridgehead atoms. The SMILES string of the molecule is CC[C@H]1OC(=O)[C@H](C)[C@@H](O[C@H]2C[C@@](C)(OC)[C@H](N)[C@H](C)O2)[C@H](C)[C@@H](O[C@@H]2O[C@H](C)C[C@H](N(C)C)[C@H]2O)[C@@]2(C)C[C@@H](C)N(C)C[C@H](C)[C@@H](OC/C(=N\OCc3ccc(-n4cccn4)nc3)CO2)[C@]1(C)O. The highest BCUT2D eigenvalue weighted by molar-refractivity contribution is 5.86. The van der Waals surface area contributed by atoms with E-state index in [4.69, 9.17) is 48.5 Å². The molecule has 5 aliphatic heterocycles. The fourth-order valence-corrected chi connectivity index (χ4v) is 10.9. The van der Waals surface area contributed by atoms with E-state index in [1.807, 2.05) is 98.9 Å². The van der Waals surface area contributed by atoms with Crippen LogP contribution in [-0.2, 0) is 54.1 Å². The van der Waals surface area contributed by atoms with Crippen molar-refractivity contribution in [3.8, 4) is 5.82 Å². The van der Waals surface area contributed by atoms with Crippen LogP contribution in [0.15, 0.2) is 41.9 Å². The van der Waals surface area contributed by atoms with Crippen LogP contribution in [0.5, 0.6) is 0 Å². The Morgan fingerprint density at radius 1 is 1.04 bits per heavy atom. The molecule has 5 aliphatic rings. The molecular weight excluding hydrogens is 891 g/mol. The molecular formula is C50H83N7O12. The first-order valence-corrected chi connectivity index (χ1v) is 24.8. The van der Waals surface area contributed by atoms with Crippen molar-refractivity contribution in [1.82, 2.24) is 24.6 Å². The Bertz CT molecular complexity index is 1960. The standard InChI is InChI=1S/C50H83N7O12/c1-15-38-50(10,60)44-29(2)25-56(13)30(3)22-49(9,63-28-36(27-62-44)54-64-26-35-17-18-39(52-24-35)57-20-16-19-53-57)45(69-47-41(58)37(55(11)12)21-31(4)65-47)32(5)42(33(6)46(59)67-38)68-40-23-48(8,61-14)43(51)34(7)66-40/h16-20,24,29-34,37-38,40-45,47,58,60H,15,21-23,25-28,51H2,1-14H3/b54-36+/t29-,30+,31+,32-,33+,34-,37-,38+,40-,41+,42-,43+,44+,45+,47-,48+,49+,50+/m0/s1. The number of esters is 1. The van der Waals surface area contributed by atoms with Gasteiger partial charge in [-0.15, -0.1) is 0 Å². The number of likely N-dealkylation sites (N-methyl/N-ethyl adjacent to an activating group) is 1. The Hall–Kier alpha value is -3.18. The molecule has 19 heteroatoms. The molecule has 0 saturated carbocycles. The molecule has 7 rings (SSSR count). The zero-order valence-corrected chi connectivity index (χ0v) is 43.5. The van der Waals surface area contributed by atoms with Gasteiger partial charge >= 0.3 is 5.97 Å². The van der Waals surface area contributed by atoms with Crippen LogP contribution in [0, 0.1) is 17.8 Å². The molecule has 5 fully saturated rings. The lowest BCUT2D eigenvalue weighted by Crippen LogP contribution is -2.62. The summed E-state index contributed by atoms with van der Waals surface area (Å²) in [6.07, 6.45) is -0.685. The van der Waals surface area contributed by atoms with Crippen molar-refractivity contribution in [1.29, 1.82) is 0 Å². The van der Waals surface area contributed by atoms with Crippen molar-refractivity contribution in [2.45, 2.75) is 192 Å². The van der Waals surface area contributed by atoms with Crippen LogP contribution >= 0.6 is 0 Å². The number of methoxy groups -OCH3 is 1. The molecule has 0 radical (unpaired) electrons. The van der Waals surface area contributed by atoms with Gasteiger partial charge in [0.2, 0.25) is 0 Å². The Morgan fingerprint density at radius 3 is 2.42 bits per heavy atom. The summed E-state index contributed by atoms with van der Waals surface area (Å²) in [7, 11) is 7.51. The number of carbonyl (C=O) groups is 1. The fraction of sp³-hybridized carbons (Fsp3) is 0.800. The van der Waals surface area contributed by atoms with Gasteiger partial charge in [-0.3, -0.25) is 4.79 Å². The molecule has 2 aromatic rings. The second kappa shape index (κ2) is 23.1. The Balaban J connectivity index is 1.48. The molecule has 0 spiro atoms. The van der Waals surface area contributed by atoms with Crippen LogP contribution in [0.4, 0.5) is 0 Å². The van der Waals surface area contributed by atoms with Gasteiger partial charge < -0.3 is 68.5 Å². The summed E-state index contributed by atoms with van der Waals surface area (Å²) in [5.41, 5.74) is 4.12. The van der Waals surface area contributed by atoms with Crippen LogP contribution in [-0.4, -0.2) is 185 Å². The molecule has 5 saturated heterocycles. The van der Waals surface area contributed by atoms with E-state index in [0.717, 1.165) is 5.56 Å². The van der Waals surface area contributed by atoms with E-state index in [9.17, 15) is 15.0 Å². The number of carbonyl (C=O) groups excluding carboxylic acids is 1. The molecule has 4 N–H and O–H groups in total. The van der Waals surface area contributed by atoms with Gasteiger partial charge in [-0.05, 0) is 107 Å². The van der Waals surface area contributed by atoms with Gasteiger partial charge in [0.15, 0.2) is 18.4 Å². The first-order chi connectivity index (χ1) is 32.5. The third-order valence-electron chi connectivity index (χ3n) is 15.3. The van der Waals surface area contributed by atoms with Crippen LogP contribution in [0.1, 0.15) is 100 Å². The van der Waals surface area contributed by atoms with Gasteiger partial charge in [0.05, 0.1) is 66.9 Å². The van der Waals surface area contributed by atoms with Gasteiger partial charge in [-0.1, -0.05) is 32.0 Å². The number of hydrogen-bond acceptors (Lipinski definition) is 18. The molecule has 7 heterocycles. The van der Waals surface area contributed by atoms with Crippen molar-refractivity contribution in [3.05, 3.63) is 42.4 Å². The summed E-state index contributed by atoms with van der Waals surface area (Å²) >= 11 is 0. The quantitative estimate of drug-likeness (QED) is 0.214. The Labute approximate surface area is 409 Å². The van der Waals surface area contributed by atoms with Crippen molar-refractivity contribution in [2.75, 3.05) is 48.0 Å². The van der Waals surface area contributed by atoms with Gasteiger partial charge in [0.25, 0.3) is 0 Å². The summed E-state index contributed by atoms with van der Waals surface area (Å²) < 4.78 is 55.3. The third kappa shape index (κ3) is 12.7. The summed E-state index contributed by atoms with van der Waals surface area (Å²) in [6.45, 7) is 19.6. The number of aromatic nitrogens is 3. The first-order valence-electron chi connectivity index (χ1n) is 24.8. The maximum Gasteiger partial charge on any atom is 0.311 e. The van der Waals surface area contributed by atoms with Gasteiger partial charge in [-0.2, -0.15) is 5.10 Å². The second-order valence-electron chi connectivity index (χ2n) is 21.2. The number of fused-ring (bicyclic) bond motifs is 15. The van der Waals surface area contributed by atoms with E-state index < -0.39 is 89.9 Å². The summed E-state index contributed by atoms with van der Waals surface area (Å²) in [5, 5.41) is 33.6. The number of nitrogens with two attached hydrogens (primary N) is 1. The number of ether oxygens (including phenoxy) is 8. The van der Waals surface area contributed by atoms with E-state index in [1.54, 1.807) is 38.0 Å². The lowest BCUT2D eigenvalue weighted by molar-refractivity contribution is -0.313. The van der Waals surface area contributed by atoms with E-state index >= 15 is 0 Å². The number of rotatable bonds is 11. The van der Waals surface area contributed by atoms with Crippen molar-refractivity contribution >= 4 is 11.7 Å². The highest BCUT2D eigenvalue weighted by Crippen LogP contribution is 2.41. The number of nitrogens with zero attached hydrogens (tertiary/aromatic N) is 6. The van der Waals surface area contributed by atoms with Gasteiger partial charge in [0.1, 0.15) is 30.1 Å². The molecule has 18 atom stereocenters. The maximum absolute atomic E-state index is 14.8. The molecule has 19 nitrogen and oxygen atoms in total. The Morgan fingerprint density at radius 2 is 1.78 bits per heavy atom.